The third-order valence-corrected chi connectivity index (χ3v) is 1.80. The van der Waals surface area contributed by atoms with E-state index in [9.17, 15) is 23.7 Å². The average molecular weight is 232 g/mol. The molecule has 0 saturated heterocycles. The maximum absolute atomic E-state index is 12.4. The Kier molecular flexibility index (Phi) is 3.44. The van der Waals surface area contributed by atoms with Gasteiger partial charge in [0.25, 0.3) is 6.43 Å². The lowest BCUT2D eigenvalue weighted by Crippen LogP contribution is -2.04. The Morgan fingerprint density at radius 3 is 2.62 bits per heavy atom. The minimum Gasteiger partial charge on any atom is -0.490 e. The van der Waals surface area contributed by atoms with Crippen LogP contribution in [-0.4, -0.2) is 23.3 Å². The largest absolute Gasteiger partial charge is 0.490 e. The van der Waals surface area contributed by atoms with E-state index in [1.807, 2.05) is 0 Å². The van der Waals surface area contributed by atoms with Gasteiger partial charge in [0.2, 0.25) is 5.75 Å². The summed E-state index contributed by atoms with van der Waals surface area (Å²) in [7, 11) is 1.05. The summed E-state index contributed by atoms with van der Waals surface area (Å²) in [4.78, 5) is 23.4. The molecule has 0 aliphatic heterocycles. The summed E-state index contributed by atoms with van der Waals surface area (Å²) in [6.45, 7) is 0. The molecule has 0 radical (unpaired) electrons. The molecule has 16 heavy (non-hydrogen) atoms. The van der Waals surface area contributed by atoms with Gasteiger partial charge in [-0.05, 0) is 0 Å². The molecular weight excluding hydrogens is 226 g/mol. The maximum Gasteiger partial charge on any atom is 0.329 e. The fourth-order valence-electron chi connectivity index (χ4n) is 1.15. The number of hydrogen-bond donors (Lipinski definition) is 0. The molecule has 6 nitrogen and oxygen atoms in total. The summed E-state index contributed by atoms with van der Waals surface area (Å²) >= 11 is 0. The van der Waals surface area contributed by atoms with Crippen LogP contribution >= 0.6 is 0 Å². The number of aldehydes is 1. The van der Waals surface area contributed by atoms with Crippen molar-refractivity contribution in [2.75, 3.05) is 7.11 Å². The molecule has 0 aliphatic carbocycles. The van der Waals surface area contributed by atoms with Crippen LogP contribution in [0.5, 0.6) is 5.75 Å². The molecule has 1 heterocycles. The van der Waals surface area contributed by atoms with Gasteiger partial charge in [0.1, 0.15) is 11.9 Å². The van der Waals surface area contributed by atoms with Gasteiger partial charge in [-0.3, -0.25) is 14.9 Å². The normalized spacial score (nSPS) is 10.2. The van der Waals surface area contributed by atoms with Crippen molar-refractivity contribution in [2.24, 2.45) is 0 Å². The Bertz CT molecular complexity index is 436. The van der Waals surface area contributed by atoms with E-state index in [0.717, 1.165) is 7.11 Å². The van der Waals surface area contributed by atoms with E-state index in [0.29, 0.717) is 6.20 Å². The van der Waals surface area contributed by atoms with Crippen molar-refractivity contribution < 1.29 is 23.2 Å². The van der Waals surface area contributed by atoms with E-state index in [2.05, 4.69) is 9.72 Å². The number of pyridine rings is 1. The molecule has 0 amide bonds. The van der Waals surface area contributed by atoms with Crippen LogP contribution in [0.1, 0.15) is 22.5 Å². The van der Waals surface area contributed by atoms with Crippen LogP contribution < -0.4 is 4.74 Å². The quantitative estimate of drug-likeness (QED) is 0.448. The van der Waals surface area contributed by atoms with Crippen molar-refractivity contribution in [2.45, 2.75) is 6.43 Å². The third-order valence-electron chi connectivity index (χ3n) is 1.80. The summed E-state index contributed by atoms with van der Waals surface area (Å²) in [5.74, 6) is -0.509. The van der Waals surface area contributed by atoms with Gasteiger partial charge in [-0.15, -0.1) is 0 Å². The standard InChI is InChI=1S/C8H6F2N2O4/c1-16-7-4(3-13)6(8(9)10)11-2-5(7)12(14)15/h2-3,8H,1H3. The lowest BCUT2D eigenvalue weighted by molar-refractivity contribution is -0.386. The lowest BCUT2D eigenvalue weighted by atomic mass is 10.2. The van der Waals surface area contributed by atoms with Crippen molar-refractivity contribution in [1.82, 2.24) is 4.98 Å². The van der Waals surface area contributed by atoms with E-state index >= 15 is 0 Å². The molecule has 1 aromatic rings. The molecule has 0 spiro atoms. The number of alkyl halides is 2. The zero-order chi connectivity index (χ0) is 12.3. The molecule has 86 valence electrons. The number of carbonyl (C=O) groups is 1. The Balaban J connectivity index is 3.52. The fraction of sp³-hybridized carbons (Fsp3) is 0.250. The number of nitro groups is 1. The number of nitrogens with zero attached hydrogens (tertiary/aromatic N) is 2. The first kappa shape index (κ1) is 12.0. The van der Waals surface area contributed by atoms with Crippen LogP contribution in [0.2, 0.25) is 0 Å². The lowest BCUT2D eigenvalue weighted by Gasteiger charge is -2.07. The van der Waals surface area contributed by atoms with Crippen LogP contribution in [-0.2, 0) is 0 Å². The fourth-order valence-corrected chi connectivity index (χ4v) is 1.15. The second-order valence-corrected chi connectivity index (χ2v) is 2.65. The zero-order valence-electron chi connectivity index (χ0n) is 8.02. The highest BCUT2D eigenvalue weighted by Crippen LogP contribution is 2.34. The zero-order valence-corrected chi connectivity index (χ0v) is 8.02. The number of rotatable bonds is 4. The highest BCUT2D eigenvalue weighted by atomic mass is 19.3. The highest BCUT2D eigenvalue weighted by Gasteiger charge is 2.26. The van der Waals surface area contributed by atoms with Gasteiger partial charge in [0.05, 0.1) is 17.6 Å². The topological polar surface area (TPSA) is 82.3 Å². The van der Waals surface area contributed by atoms with Crippen LogP contribution in [0, 0.1) is 10.1 Å². The summed E-state index contributed by atoms with van der Waals surface area (Å²) < 4.78 is 29.4. The SMILES string of the molecule is COc1c([N+](=O)[O-])cnc(C(F)F)c1C=O. The van der Waals surface area contributed by atoms with E-state index < -0.39 is 34.0 Å². The van der Waals surface area contributed by atoms with Crippen molar-refractivity contribution >= 4 is 12.0 Å². The van der Waals surface area contributed by atoms with Crippen LogP contribution in [0.25, 0.3) is 0 Å². The molecule has 0 aliphatic rings. The van der Waals surface area contributed by atoms with Gasteiger partial charge >= 0.3 is 5.69 Å². The highest BCUT2D eigenvalue weighted by molar-refractivity contribution is 5.83. The van der Waals surface area contributed by atoms with Crippen LogP contribution in [0.15, 0.2) is 6.20 Å². The van der Waals surface area contributed by atoms with Crippen molar-refractivity contribution in [1.29, 1.82) is 0 Å². The summed E-state index contributed by atoms with van der Waals surface area (Å²) in [5.41, 5.74) is -2.07. The number of carbonyl (C=O) groups excluding carboxylic acids is 1. The van der Waals surface area contributed by atoms with E-state index in [1.54, 1.807) is 0 Å². The Morgan fingerprint density at radius 1 is 1.62 bits per heavy atom. The first-order valence-corrected chi connectivity index (χ1v) is 3.97. The first-order chi connectivity index (χ1) is 7.52. The molecular formula is C8H6F2N2O4. The number of halogens is 2. The number of aromatic nitrogens is 1. The molecule has 0 unspecified atom stereocenters. The van der Waals surface area contributed by atoms with E-state index in [4.69, 9.17) is 0 Å². The van der Waals surface area contributed by atoms with Gasteiger partial charge in [-0.25, -0.2) is 13.8 Å². The number of methoxy groups -OCH3 is 1. The molecule has 8 heteroatoms. The molecule has 1 rings (SSSR count). The molecule has 0 fully saturated rings. The van der Waals surface area contributed by atoms with E-state index in [-0.39, 0.29) is 6.29 Å². The Morgan fingerprint density at radius 2 is 2.25 bits per heavy atom. The van der Waals surface area contributed by atoms with Gasteiger partial charge in [-0.1, -0.05) is 0 Å². The summed E-state index contributed by atoms with van der Waals surface area (Å²) in [6.07, 6.45) is -2.32. The molecule has 0 atom stereocenters. The van der Waals surface area contributed by atoms with Gasteiger partial charge in [0, 0.05) is 0 Å². The molecule has 0 aromatic carbocycles. The molecule has 0 bridgehead atoms. The smallest absolute Gasteiger partial charge is 0.329 e. The van der Waals surface area contributed by atoms with Crippen LogP contribution in [0.4, 0.5) is 14.5 Å². The molecule has 1 aromatic heterocycles. The number of ether oxygens (including phenoxy) is 1. The monoisotopic (exact) mass is 232 g/mol. The Labute approximate surface area is 88.0 Å². The predicted octanol–water partition coefficient (Wildman–Crippen LogP) is 1.75. The van der Waals surface area contributed by atoms with Gasteiger partial charge in [0.15, 0.2) is 6.29 Å². The third kappa shape index (κ3) is 1.95. The van der Waals surface area contributed by atoms with E-state index in [1.165, 1.54) is 0 Å². The predicted molar refractivity (Wildman–Crippen MR) is 47.8 cm³/mol. The van der Waals surface area contributed by atoms with Gasteiger partial charge < -0.3 is 4.74 Å². The molecule has 0 saturated carbocycles. The van der Waals surface area contributed by atoms with Gasteiger partial charge in [-0.2, -0.15) is 0 Å². The Hall–Kier alpha value is -2.12. The minimum atomic E-state index is -3.00. The summed E-state index contributed by atoms with van der Waals surface area (Å²) in [6, 6.07) is 0. The average Bonchev–Trinajstić information content (AvgIpc) is 2.26. The molecule has 0 N–H and O–H groups in total. The second kappa shape index (κ2) is 4.60. The van der Waals surface area contributed by atoms with Crippen molar-refractivity contribution in [3.8, 4) is 5.75 Å². The minimum absolute atomic E-state index is 0.0559. The van der Waals surface area contributed by atoms with Crippen molar-refractivity contribution in [3.63, 3.8) is 0 Å². The maximum atomic E-state index is 12.4. The van der Waals surface area contributed by atoms with Crippen molar-refractivity contribution in [3.05, 3.63) is 27.6 Å². The first-order valence-electron chi connectivity index (χ1n) is 3.97. The second-order valence-electron chi connectivity index (χ2n) is 2.65. The van der Waals surface area contributed by atoms with Crippen LogP contribution in [0.3, 0.4) is 0 Å². The number of hydrogen-bond acceptors (Lipinski definition) is 5. The summed E-state index contributed by atoms with van der Waals surface area (Å²) in [5, 5.41) is 10.5.